The van der Waals surface area contributed by atoms with E-state index in [1.807, 2.05) is 18.5 Å². The number of hydrogen-bond donors (Lipinski definition) is 1. The molecular formula is C12H18N2O2. The van der Waals surface area contributed by atoms with Gasteiger partial charge < -0.3 is 5.11 Å². The molecular weight excluding hydrogens is 204 g/mol. The quantitative estimate of drug-likeness (QED) is 0.794. The lowest BCUT2D eigenvalue weighted by Gasteiger charge is -2.04. The number of aliphatic carboxylic acids is 1. The van der Waals surface area contributed by atoms with Crippen LogP contribution in [0, 0.1) is 13.8 Å². The monoisotopic (exact) mass is 222 g/mol. The van der Waals surface area contributed by atoms with Crippen molar-refractivity contribution in [3.63, 3.8) is 0 Å². The van der Waals surface area contributed by atoms with Gasteiger partial charge in [-0.3, -0.25) is 4.68 Å². The third-order valence-corrected chi connectivity index (χ3v) is 2.65. The Hall–Kier alpha value is -1.58. The molecule has 1 aromatic heterocycles. The Morgan fingerprint density at radius 3 is 2.56 bits per heavy atom. The van der Waals surface area contributed by atoms with Crippen LogP contribution < -0.4 is 0 Å². The summed E-state index contributed by atoms with van der Waals surface area (Å²) in [5.74, 6) is -0.908. The molecule has 1 aromatic rings. The van der Waals surface area contributed by atoms with E-state index in [2.05, 4.69) is 12.0 Å². The van der Waals surface area contributed by atoms with Gasteiger partial charge in [0.2, 0.25) is 0 Å². The predicted molar refractivity (Wildman–Crippen MR) is 62.5 cm³/mol. The molecule has 88 valence electrons. The molecule has 1 heterocycles. The smallest absolute Gasteiger partial charge is 0.328 e. The molecule has 0 radical (unpaired) electrons. The van der Waals surface area contributed by atoms with Crippen LogP contribution in [-0.2, 0) is 17.8 Å². The summed E-state index contributed by atoms with van der Waals surface area (Å²) < 4.78 is 1.86. The van der Waals surface area contributed by atoms with Crippen molar-refractivity contribution in [2.24, 2.45) is 0 Å². The summed E-state index contributed by atoms with van der Waals surface area (Å²) >= 11 is 0. The van der Waals surface area contributed by atoms with Crippen LogP contribution in [0.4, 0.5) is 0 Å². The SMILES string of the molecule is CCc1c(C)nn(CC(C)=CC(=O)O)c1C. The summed E-state index contributed by atoms with van der Waals surface area (Å²) in [4.78, 5) is 10.5. The number of aryl methyl sites for hydroxylation is 1. The lowest BCUT2D eigenvalue weighted by atomic mass is 10.1. The van der Waals surface area contributed by atoms with Crippen LogP contribution >= 0.6 is 0 Å². The van der Waals surface area contributed by atoms with Gasteiger partial charge in [-0.05, 0) is 38.3 Å². The molecule has 4 nitrogen and oxygen atoms in total. The molecule has 0 saturated heterocycles. The lowest BCUT2D eigenvalue weighted by Crippen LogP contribution is -2.05. The molecule has 0 saturated carbocycles. The molecule has 0 aliphatic carbocycles. The first-order valence-electron chi connectivity index (χ1n) is 5.38. The molecule has 4 heteroatoms. The molecule has 1 rings (SSSR count). The first-order chi connectivity index (χ1) is 7.45. The minimum absolute atomic E-state index is 0.541. The maximum absolute atomic E-state index is 10.5. The van der Waals surface area contributed by atoms with Gasteiger partial charge in [-0.1, -0.05) is 6.92 Å². The third kappa shape index (κ3) is 2.72. The summed E-state index contributed by atoms with van der Waals surface area (Å²) in [6, 6.07) is 0. The molecule has 0 aliphatic rings. The van der Waals surface area contributed by atoms with Crippen molar-refractivity contribution in [2.75, 3.05) is 0 Å². The van der Waals surface area contributed by atoms with Gasteiger partial charge in [0.1, 0.15) is 0 Å². The molecule has 0 unspecified atom stereocenters. The Bertz CT molecular complexity index is 430. The number of hydrogen-bond acceptors (Lipinski definition) is 2. The molecule has 0 aromatic carbocycles. The van der Waals surface area contributed by atoms with Crippen molar-refractivity contribution in [1.82, 2.24) is 9.78 Å². The van der Waals surface area contributed by atoms with Crippen molar-refractivity contribution in [2.45, 2.75) is 40.7 Å². The molecule has 0 atom stereocenters. The van der Waals surface area contributed by atoms with Crippen LogP contribution in [0.1, 0.15) is 30.8 Å². The average Bonchev–Trinajstić information content (AvgIpc) is 2.40. The molecule has 16 heavy (non-hydrogen) atoms. The van der Waals surface area contributed by atoms with Gasteiger partial charge >= 0.3 is 5.97 Å². The Labute approximate surface area is 95.6 Å². The van der Waals surface area contributed by atoms with Gasteiger partial charge in [0, 0.05) is 11.8 Å². The van der Waals surface area contributed by atoms with E-state index in [0.29, 0.717) is 6.54 Å². The minimum atomic E-state index is -0.908. The Morgan fingerprint density at radius 1 is 1.50 bits per heavy atom. The summed E-state index contributed by atoms with van der Waals surface area (Å²) in [6.07, 6.45) is 2.18. The van der Waals surface area contributed by atoms with Gasteiger partial charge in [-0.15, -0.1) is 0 Å². The number of allylic oxidation sites excluding steroid dienone is 1. The zero-order chi connectivity index (χ0) is 12.3. The summed E-state index contributed by atoms with van der Waals surface area (Å²) in [7, 11) is 0. The number of carboxylic acids is 1. The fourth-order valence-corrected chi connectivity index (χ4v) is 1.89. The number of carboxylic acid groups (broad SMARTS) is 1. The molecule has 0 spiro atoms. The predicted octanol–water partition coefficient (Wildman–Crippen LogP) is 2.09. The molecule has 0 fully saturated rings. The fourth-order valence-electron chi connectivity index (χ4n) is 1.89. The lowest BCUT2D eigenvalue weighted by molar-refractivity contribution is -0.131. The number of aromatic nitrogens is 2. The van der Waals surface area contributed by atoms with Gasteiger partial charge in [0.25, 0.3) is 0 Å². The van der Waals surface area contributed by atoms with Crippen molar-refractivity contribution in [3.8, 4) is 0 Å². The third-order valence-electron chi connectivity index (χ3n) is 2.65. The van der Waals surface area contributed by atoms with E-state index in [1.54, 1.807) is 6.92 Å². The van der Waals surface area contributed by atoms with Crippen LogP contribution in [0.3, 0.4) is 0 Å². The zero-order valence-corrected chi connectivity index (χ0v) is 10.2. The van der Waals surface area contributed by atoms with Crippen molar-refractivity contribution in [3.05, 3.63) is 28.6 Å². The van der Waals surface area contributed by atoms with Crippen LogP contribution in [-0.4, -0.2) is 20.9 Å². The largest absolute Gasteiger partial charge is 0.478 e. The molecule has 0 bridgehead atoms. The normalized spacial score (nSPS) is 11.9. The highest BCUT2D eigenvalue weighted by molar-refractivity contribution is 5.80. The van der Waals surface area contributed by atoms with Gasteiger partial charge in [0.05, 0.1) is 12.2 Å². The second-order valence-corrected chi connectivity index (χ2v) is 3.99. The van der Waals surface area contributed by atoms with Crippen LogP contribution in [0.2, 0.25) is 0 Å². The van der Waals surface area contributed by atoms with Crippen LogP contribution in [0.25, 0.3) is 0 Å². The van der Waals surface area contributed by atoms with E-state index in [1.165, 1.54) is 11.6 Å². The van der Waals surface area contributed by atoms with Crippen LogP contribution in [0.5, 0.6) is 0 Å². The van der Waals surface area contributed by atoms with Crippen molar-refractivity contribution >= 4 is 5.97 Å². The highest BCUT2D eigenvalue weighted by Crippen LogP contribution is 2.14. The summed E-state index contributed by atoms with van der Waals surface area (Å²) in [5, 5.41) is 13.0. The summed E-state index contributed by atoms with van der Waals surface area (Å²) in [5.41, 5.74) is 4.20. The molecule has 0 amide bonds. The Kier molecular flexibility index (Phi) is 3.88. The maximum Gasteiger partial charge on any atom is 0.328 e. The Morgan fingerprint density at radius 2 is 2.12 bits per heavy atom. The van der Waals surface area contributed by atoms with Crippen LogP contribution in [0.15, 0.2) is 11.6 Å². The minimum Gasteiger partial charge on any atom is -0.478 e. The highest BCUT2D eigenvalue weighted by atomic mass is 16.4. The summed E-state index contributed by atoms with van der Waals surface area (Å²) in [6.45, 7) is 8.45. The molecule has 0 aliphatic heterocycles. The fraction of sp³-hybridized carbons (Fsp3) is 0.500. The van der Waals surface area contributed by atoms with E-state index < -0.39 is 5.97 Å². The first kappa shape index (κ1) is 12.5. The number of nitrogens with zero attached hydrogens (tertiary/aromatic N) is 2. The van der Waals surface area contributed by atoms with Gasteiger partial charge in [-0.25, -0.2) is 4.79 Å². The van der Waals surface area contributed by atoms with E-state index >= 15 is 0 Å². The van der Waals surface area contributed by atoms with E-state index in [0.717, 1.165) is 23.4 Å². The highest BCUT2D eigenvalue weighted by Gasteiger charge is 2.09. The number of carbonyl (C=O) groups is 1. The van der Waals surface area contributed by atoms with Gasteiger partial charge in [-0.2, -0.15) is 5.10 Å². The molecule has 1 N–H and O–H groups in total. The van der Waals surface area contributed by atoms with E-state index in [-0.39, 0.29) is 0 Å². The average molecular weight is 222 g/mol. The topological polar surface area (TPSA) is 55.1 Å². The number of rotatable bonds is 4. The second kappa shape index (κ2) is 4.96. The first-order valence-corrected chi connectivity index (χ1v) is 5.38. The van der Waals surface area contributed by atoms with Crippen molar-refractivity contribution in [1.29, 1.82) is 0 Å². The van der Waals surface area contributed by atoms with Gasteiger partial charge in [0.15, 0.2) is 0 Å². The maximum atomic E-state index is 10.5. The standard InChI is InChI=1S/C12H18N2O2/c1-5-11-9(3)13-14(10(11)4)7-8(2)6-12(15)16/h6H,5,7H2,1-4H3,(H,15,16). The van der Waals surface area contributed by atoms with E-state index in [4.69, 9.17) is 5.11 Å². The van der Waals surface area contributed by atoms with Crippen molar-refractivity contribution < 1.29 is 9.90 Å². The second-order valence-electron chi connectivity index (χ2n) is 3.99. The van der Waals surface area contributed by atoms with E-state index in [9.17, 15) is 4.79 Å². The Balaban J connectivity index is 2.94. The zero-order valence-electron chi connectivity index (χ0n) is 10.2.